The molecule has 2 N–H and O–H groups in total. The highest BCUT2D eigenvalue weighted by atomic mass is 16.1. The van der Waals surface area contributed by atoms with Crippen LogP contribution in [0, 0.1) is 0 Å². The van der Waals surface area contributed by atoms with Crippen molar-refractivity contribution in [3.8, 4) is 0 Å². The van der Waals surface area contributed by atoms with Crippen LogP contribution in [-0.4, -0.2) is 10.9 Å². The molecule has 1 aliphatic rings. The maximum Gasteiger partial charge on any atom is 0.253 e. The van der Waals surface area contributed by atoms with Gasteiger partial charge in [0.05, 0.1) is 0 Å². The molecule has 0 saturated carbocycles. The number of H-pyrrole nitrogens is 1. The highest BCUT2D eigenvalue weighted by molar-refractivity contribution is 5.76. The summed E-state index contributed by atoms with van der Waals surface area (Å²) in [6, 6.07) is 10.4. The normalized spacial score (nSPS) is 14.3. The van der Waals surface area contributed by atoms with Crippen LogP contribution in [-0.2, 0) is 24.2 Å². The molecule has 1 aliphatic carbocycles. The summed E-state index contributed by atoms with van der Waals surface area (Å²) < 4.78 is 0. The molecule has 1 atom stereocenters. The first-order valence-corrected chi connectivity index (χ1v) is 9.54. The molecule has 3 rings (SSSR count). The van der Waals surface area contributed by atoms with Crippen LogP contribution in [0.25, 0.3) is 0 Å². The monoisotopic (exact) mass is 352 g/mol. The molecule has 1 aromatic carbocycles. The minimum absolute atomic E-state index is 0.0228. The van der Waals surface area contributed by atoms with Crippen LogP contribution < -0.4 is 10.9 Å². The number of fused-ring (bicyclic) bond motifs is 1. The number of rotatable bonds is 6. The molecule has 4 heteroatoms. The Morgan fingerprint density at radius 2 is 1.81 bits per heavy atom. The number of aryl methyl sites for hydroxylation is 2. The Balaban J connectivity index is 1.56. The first kappa shape index (κ1) is 18.4. The lowest BCUT2D eigenvalue weighted by atomic mass is 9.94. The van der Waals surface area contributed by atoms with Crippen molar-refractivity contribution >= 4 is 5.91 Å². The smallest absolute Gasteiger partial charge is 0.253 e. The van der Waals surface area contributed by atoms with Crippen LogP contribution in [0.5, 0.6) is 0 Å². The molecular weight excluding hydrogens is 324 g/mol. The van der Waals surface area contributed by atoms with Crippen molar-refractivity contribution in [2.45, 2.75) is 64.8 Å². The standard InChI is InChI=1S/C22H28N2O2/c1-14(2)16-7-9-17(10-8-16)15(3)11-21(25)23-13-19-12-18-5-4-6-20(18)24-22(19)26/h7-10,12,14-15H,4-6,11,13H2,1-3H3,(H,23,25)(H,24,26). The molecule has 26 heavy (non-hydrogen) atoms. The minimum Gasteiger partial charge on any atom is -0.352 e. The molecule has 138 valence electrons. The van der Waals surface area contributed by atoms with E-state index in [2.05, 4.69) is 55.3 Å². The predicted octanol–water partition coefficient (Wildman–Crippen LogP) is 3.80. The summed E-state index contributed by atoms with van der Waals surface area (Å²) >= 11 is 0. The number of carbonyl (C=O) groups excluding carboxylic acids is 1. The van der Waals surface area contributed by atoms with Gasteiger partial charge >= 0.3 is 0 Å². The fourth-order valence-electron chi connectivity index (χ4n) is 3.56. The maximum atomic E-state index is 12.3. The van der Waals surface area contributed by atoms with Crippen LogP contribution in [0.3, 0.4) is 0 Å². The number of aromatic nitrogens is 1. The summed E-state index contributed by atoms with van der Waals surface area (Å²) in [4.78, 5) is 27.4. The average Bonchev–Trinajstić information content (AvgIpc) is 3.06. The van der Waals surface area contributed by atoms with Crippen LogP contribution >= 0.6 is 0 Å². The van der Waals surface area contributed by atoms with E-state index in [1.165, 1.54) is 16.7 Å². The van der Waals surface area contributed by atoms with Gasteiger partial charge in [-0.1, -0.05) is 45.0 Å². The van der Waals surface area contributed by atoms with Crippen molar-refractivity contribution in [1.82, 2.24) is 10.3 Å². The zero-order valence-corrected chi connectivity index (χ0v) is 15.9. The van der Waals surface area contributed by atoms with Gasteiger partial charge in [0, 0.05) is 24.2 Å². The Labute approximate surface area is 155 Å². The van der Waals surface area contributed by atoms with Crippen molar-refractivity contribution in [3.05, 3.63) is 68.6 Å². The summed E-state index contributed by atoms with van der Waals surface area (Å²) in [5.41, 5.74) is 5.31. The van der Waals surface area contributed by atoms with Crippen molar-refractivity contribution in [1.29, 1.82) is 0 Å². The first-order chi connectivity index (χ1) is 12.4. The van der Waals surface area contributed by atoms with Gasteiger partial charge < -0.3 is 10.3 Å². The van der Waals surface area contributed by atoms with Gasteiger partial charge in [-0.05, 0) is 53.9 Å². The Morgan fingerprint density at radius 3 is 2.50 bits per heavy atom. The van der Waals surface area contributed by atoms with E-state index in [4.69, 9.17) is 0 Å². The number of benzene rings is 1. The molecule has 1 aromatic heterocycles. The van der Waals surface area contributed by atoms with Crippen LogP contribution in [0.15, 0.2) is 35.1 Å². The van der Waals surface area contributed by atoms with Gasteiger partial charge in [-0.2, -0.15) is 0 Å². The highest BCUT2D eigenvalue weighted by Crippen LogP contribution is 2.22. The number of amides is 1. The van der Waals surface area contributed by atoms with Gasteiger partial charge in [0.25, 0.3) is 5.56 Å². The minimum atomic E-state index is -0.0803. The Kier molecular flexibility index (Phi) is 5.60. The Bertz CT molecular complexity index is 834. The molecule has 0 aliphatic heterocycles. The van der Waals surface area contributed by atoms with E-state index >= 15 is 0 Å². The Hall–Kier alpha value is -2.36. The molecule has 2 aromatic rings. The SMILES string of the molecule is CC(C)c1ccc(C(C)CC(=O)NCc2cc3c([nH]c2=O)CCC3)cc1. The number of aromatic amines is 1. The summed E-state index contributed by atoms with van der Waals surface area (Å²) in [7, 11) is 0. The number of pyridine rings is 1. The van der Waals surface area contributed by atoms with Crippen molar-refractivity contribution in [2.75, 3.05) is 0 Å². The summed E-state index contributed by atoms with van der Waals surface area (Å²) in [5, 5.41) is 2.90. The highest BCUT2D eigenvalue weighted by Gasteiger charge is 2.15. The van der Waals surface area contributed by atoms with Gasteiger partial charge in [0.1, 0.15) is 0 Å². The second kappa shape index (κ2) is 7.90. The molecular formula is C22H28N2O2. The number of carbonyl (C=O) groups is 1. The first-order valence-electron chi connectivity index (χ1n) is 9.54. The second-order valence-electron chi connectivity index (χ2n) is 7.68. The lowest BCUT2D eigenvalue weighted by molar-refractivity contribution is -0.121. The quantitative estimate of drug-likeness (QED) is 0.831. The molecule has 4 nitrogen and oxygen atoms in total. The largest absolute Gasteiger partial charge is 0.352 e. The van der Waals surface area contributed by atoms with Gasteiger partial charge in [-0.3, -0.25) is 9.59 Å². The average molecular weight is 352 g/mol. The molecule has 1 amide bonds. The summed E-state index contributed by atoms with van der Waals surface area (Å²) in [5.74, 6) is 0.632. The number of hydrogen-bond acceptors (Lipinski definition) is 2. The molecule has 1 heterocycles. The van der Waals surface area contributed by atoms with E-state index in [-0.39, 0.29) is 17.4 Å². The third-order valence-electron chi connectivity index (χ3n) is 5.30. The summed E-state index contributed by atoms with van der Waals surface area (Å²) in [6.07, 6.45) is 3.47. The molecule has 0 saturated heterocycles. The van der Waals surface area contributed by atoms with Crippen molar-refractivity contribution in [2.24, 2.45) is 0 Å². The van der Waals surface area contributed by atoms with Crippen molar-refractivity contribution < 1.29 is 4.79 Å². The van der Waals surface area contributed by atoms with Crippen LogP contribution in [0.2, 0.25) is 0 Å². The van der Waals surface area contributed by atoms with E-state index in [1.807, 2.05) is 6.07 Å². The van der Waals surface area contributed by atoms with Gasteiger partial charge in [0.2, 0.25) is 5.91 Å². The molecule has 0 spiro atoms. The molecule has 0 bridgehead atoms. The molecule has 1 unspecified atom stereocenters. The van der Waals surface area contributed by atoms with Crippen LogP contribution in [0.1, 0.15) is 73.4 Å². The zero-order valence-electron chi connectivity index (χ0n) is 15.9. The number of hydrogen-bond donors (Lipinski definition) is 2. The van der Waals surface area contributed by atoms with E-state index in [1.54, 1.807) is 0 Å². The van der Waals surface area contributed by atoms with E-state index in [0.29, 0.717) is 24.4 Å². The van der Waals surface area contributed by atoms with Gasteiger partial charge in [0.15, 0.2) is 0 Å². The van der Waals surface area contributed by atoms with Crippen molar-refractivity contribution in [3.63, 3.8) is 0 Å². The third kappa shape index (κ3) is 4.24. The Morgan fingerprint density at radius 1 is 1.12 bits per heavy atom. The zero-order chi connectivity index (χ0) is 18.7. The predicted molar refractivity (Wildman–Crippen MR) is 104 cm³/mol. The van der Waals surface area contributed by atoms with Crippen LogP contribution in [0.4, 0.5) is 0 Å². The van der Waals surface area contributed by atoms with E-state index in [0.717, 1.165) is 25.0 Å². The third-order valence-corrected chi connectivity index (χ3v) is 5.30. The fourth-order valence-corrected chi connectivity index (χ4v) is 3.56. The second-order valence-corrected chi connectivity index (χ2v) is 7.68. The number of nitrogens with one attached hydrogen (secondary N) is 2. The van der Waals surface area contributed by atoms with E-state index in [9.17, 15) is 9.59 Å². The fraction of sp³-hybridized carbons (Fsp3) is 0.455. The van der Waals surface area contributed by atoms with E-state index < -0.39 is 0 Å². The van der Waals surface area contributed by atoms with Gasteiger partial charge in [-0.15, -0.1) is 0 Å². The van der Waals surface area contributed by atoms with Gasteiger partial charge in [-0.25, -0.2) is 0 Å². The molecule has 0 radical (unpaired) electrons. The lowest BCUT2D eigenvalue weighted by Crippen LogP contribution is -2.28. The topological polar surface area (TPSA) is 62.0 Å². The molecule has 0 fully saturated rings. The lowest BCUT2D eigenvalue weighted by Gasteiger charge is -2.14. The maximum absolute atomic E-state index is 12.3. The summed E-state index contributed by atoms with van der Waals surface area (Å²) in [6.45, 7) is 6.70.